The zero-order chi connectivity index (χ0) is 21.1. The molecule has 0 bridgehead atoms. The van der Waals surface area contributed by atoms with E-state index in [9.17, 15) is 9.59 Å². The minimum Gasteiger partial charge on any atom is -0.489 e. The van der Waals surface area contributed by atoms with Gasteiger partial charge in [0.2, 0.25) is 0 Å². The van der Waals surface area contributed by atoms with Crippen molar-refractivity contribution in [3.8, 4) is 5.75 Å². The maximum absolute atomic E-state index is 12.5. The lowest BCUT2D eigenvalue weighted by atomic mass is 10.0. The second-order valence-electron chi connectivity index (χ2n) is 7.72. The van der Waals surface area contributed by atoms with E-state index in [2.05, 4.69) is 32.0 Å². The summed E-state index contributed by atoms with van der Waals surface area (Å²) in [4.78, 5) is 26.3. The van der Waals surface area contributed by atoms with Gasteiger partial charge in [-0.1, -0.05) is 42.5 Å². The number of nitrogens with zero attached hydrogens (tertiary/aromatic N) is 1. The maximum atomic E-state index is 12.5. The third-order valence-electron chi connectivity index (χ3n) is 5.65. The van der Waals surface area contributed by atoms with Crippen LogP contribution in [0.3, 0.4) is 0 Å². The van der Waals surface area contributed by atoms with Crippen LogP contribution in [0.4, 0.5) is 0 Å². The Morgan fingerprint density at radius 1 is 0.800 bits per heavy atom. The molecule has 0 aliphatic carbocycles. The van der Waals surface area contributed by atoms with E-state index in [1.165, 1.54) is 21.6 Å². The molecule has 0 unspecified atom stereocenters. The SMILES string of the molecule is Cc1cccc(C)c1COc1cccc(CCCN2C(=O)c3ccccc3C2=O)c1. The van der Waals surface area contributed by atoms with Crippen LogP contribution < -0.4 is 4.74 Å². The number of carbonyl (C=O) groups excluding carboxylic acids is 2. The van der Waals surface area contributed by atoms with Gasteiger partial charge in [-0.05, 0) is 73.2 Å². The van der Waals surface area contributed by atoms with Gasteiger partial charge in [-0.2, -0.15) is 0 Å². The number of hydrogen-bond donors (Lipinski definition) is 0. The van der Waals surface area contributed by atoms with Crippen molar-refractivity contribution < 1.29 is 14.3 Å². The first-order valence-corrected chi connectivity index (χ1v) is 10.3. The fourth-order valence-electron chi connectivity index (χ4n) is 3.91. The van der Waals surface area contributed by atoms with Crippen LogP contribution in [-0.4, -0.2) is 23.3 Å². The van der Waals surface area contributed by atoms with E-state index in [1.54, 1.807) is 24.3 Å². The summed E-state index contributed by atoms with van der Waals surface area (Å²) < 4.78 is 6.03. The molecule has 0 saturated heterocycles. The van der Waals surface area contributed by atoms with Crippen LogP contribution in [0.5, 0.6) is 5.75 Å². The molecule has 0 radical (unpaired) electrons. The molecular weight excluding hydrogens is 374 g/mol. The van der Waals surface area contributed by atoms with Crippen LogP contribution in [0.15, 0.2) is 66.7 Å². The molecule has 1 aliphatic heterocycles. The number of imide groups is 1. The second kappa shape index (κ2) is 8.54. The topological polar surface area (TPSA) is 46.6 Å². The lowest BCUT2D eigenvalue weighted by molar-refractivity contribution is 0.0652. The fourth-order valence-corrected chi connectivity index (χ4v) is 3.91. The number of aryl methyl sites for hydroxylation is 3. The maximum Gasteiger partial charge on any atom is 0.261 e. The van der Waals surface area contributed by atoms with Gasteiger partial charge in [0, 0.05) is 6.54 Å². The van der Waals surface area contributed by atoms with Crippen LogP contribution in [0.1, 0.15) is 49.4 Å². The standard InChI is InChI=1S/C26H25NO3/c1-18-8-5-9-19(2)24(18)17-30-21-12-6-10-20(16-21)11-7-15-27-25(28)22-13-3-4-14-23(22)26(27)29/h3-6,8-10,12-14,16H,7,11,15,17H2,1-2H3. The van der Waals surface area contributed by atoms with E-state index in [-0.39, 0.29) is 11.8 Å². The molecule has 3 aromatic rings. The van der Waals surface area contributed by atoms with Crippen molar-refractivity contribution in [2.75, 3.05) is 6.54 Å². The monoisotopic (exact) mass is 399 g/mol. The molecule has 4 rings (SSSR count). The quantitative estimate of drug-likeness (QED) is 0.519. The molecule has 4 nitrogen and oxygen atoms in total. The summed E-state index contributed by atoms with van der Waals surface area (Å²) >= 11 is 0. The Morgan fingerprint density at radius 2 is 1.43 bits per heavy atom. The van der Waals surface area contributed by atoms with Crippen LogP contribution in [0, 0.1) is 13.8 Å². The number of benzene rings is 3. The lowest BCUT2D eigenvalue weighted by Gasteiger charge is -2.14. The van der Waals surface area contributed by atoms with E-state index in [0.29, 0.717) is 30.7 Å². The molecule has 0 saturated carbocycles. The molecule has 0 fully saturated rings. The highest BCUT2D eigenvalue weighted by atomic mass is 16.5. The molecule has 4 heteroatoms. The van der Waals surface area contributed by atoms with Crippen molar-refractivity contribution in [1.29, 1.82) is 0 Å². The van der Waals surface area contributed by atoms with E-state index in [1.807, 2.05) is 24.3 Å². The minimum atomic E-state index is -0.193. The predicted molar refractivity (Wildman–Crippen MR) is 117 cm³/mol. The van der Waals surface area contributed by atoms with Crippen LogP contribution in [0.25, 0.3) is 0 Å². The fraction of sp³-hybridized carbons (Fsp3) is 0.231. The first-order valence-electron chi connectivity index (χ1n) is 10.3. The van der Waals surface area contributed by atoms with Crippen molar-refractivity contribution in [1.82, 2.24) is 4.90 Å². The molecule has 1 heterocycles. The Kier molecular flexibility index (Phi) is 5.66. The number of ether oxygens (including phenoxy) is 1. The Balaban J connectivity index is 1.34. The predicted octanol–water partition coefficient (Wildman–Crippen LogP) is 5.11. The number of rotatable bonds is 7. The second-order valence-corrected chi connectivity index (χ2v) is 7.72. The molecule has 1 aliphatic rings. The summed E-state index contributed by atoms with van der Waals surface area (Å²) in [5.74, 6) is 0.443. The van der Waals surface area contributed by atoms with Gasteiger partial charge < -0.3 is 4.74 Å². The molecule has 0 atom stereocenters. The summed E-state index contributed by atoms with van der Waals surface area (Å²) in [5, 5.41) is 0. The van der Waals surface area contributed by atoms with Crippen molar-refractivity contribution in [2.24, 2.45) is 0 Å². The van der Waals surface area contributed by atoms with Crippen molar-refractivity contribution in [3.05, 3.63) is 100 Å². The number of fused-ring (bicyclic) bond motifs is 1. The third-order valence-corrected chi connectivity index (χ3v) is 5.65. The Labute approximate surface area is 177 Å². The highest BCUT2D eigenvalue weighted by Crippen LogP contribution is 2.23. The van der Waals surface area contributed by atoms with Crippen LogP contribution in [-0.2, 0) is 13.0 Å². The molecule has 0 spiro atoms. The lowest BCUT2D eigenvalue weighted by Crippen LogP contribution is -2.30. The highest BCUT2D eigenvalue weighted by molar-refractivity contribution is 6.21. The normalized spacial score (nSPS) is 12.9. The Hall–Kier alpha value is -3.40. The average molecular weight is 399 g/mol. The van der Waals surface area contributed by atoms with Gasteiger partial charge in [-0.25, -0.2) is 0 Å². The number of amides is 2. The van der Waals surface area contributed by atoms with Crippen molar-refractivity contribution in [3.63, 3.8) is 0 Å². The summed E-state index contributed by atoms with van der Waals surface area (Å²) in [6.07, 6.45) is 1.49. The molecule has 3 aromatic carbocycles. The van der Waals surface area contributed by atoms with Gasteiger partial charge in [-0.3, -0.25) is 14.5 Å². The Bertz CT molecular complexity index is 1050. The third kappa shape index (κ3) is 3.99. The summed E-state index contributed by atoms with van der Waals surface area (Å²) in [7, 11) is 0. The van der Waals surface area contributed by atoms with E-state index in [4.69, 9.17) is 4.74 Å². The van der Waals surface area contributed by atoms with Gasteiger partial charge in [0.15, 0.2) is 0 Å². The van der Waals surface area contributed by atoms with Crippen molar-refractivity contribution in [2.45, 2.75) is 33.3 Å². The molecule has 30 heavy (non-hydrogen) atoms. The summed E-state index contributed by atoms with van der Waals surface area (Å²) in [6, 6.07) is 21.3. The van der Waals surface area contributed by atoms with Crippen LogP contribution >= 0.6 is 0 Å². The van der Waals surface area contributed by atoms with Gasteiger partial charge in [0.1, 0.15) is 12.4 Å². The first-order chi connectivity index (χ1) is 14.5. The van der Waals surface area contributed by atoms with E-state index in [0.717, 1.165) is 17.7 Å². The number of hydrogen-bond acceptors (Lipinski definition) is 3. The Morgan fingerprint density at radius 3 is 2.10 bits per heavy atom. The van der Waals surface area contributed by atoms with Gasteiger partial charge in [-0.15, -0.1) is 0 Å². The largest absolute Gasteiger partial charge is 0.489 e. The number of carbonyl (C=O) groups is 2. The molecular formula is C26H25NO3. The summed E-state index contributed by atoms with van der Waals surface area (Å²) in [5.41, 5.74) is 5.81. The zero-order valence-electron chi connectivity index (χ0n) is 17.4. The average Bonchev–Trinajstić information content (AvgIpc) is 2.99. The molecule has 2 amide bonds. The van der Waals surface area contributed by atoms with E-state index >= 15 is 0 Å². The first kappa shape index (κ1) is 19.9. The molecule has 152 valence electrons. The summed E-state index contributed by atoms with van der Waals surface area (Å²) in [6.45, 7) is 5.15. The van der Waals surface area contributed by atoms with Crippen molar-refractivity contribution >= 4 is 11.8 Å². The smallest absolute Gasteiger partial charge is 0.261 e. The highest BCUT2D eigenvalue weighted by Gasteiger charge is 2.34. The zero-order valence-corrected chi connectivity index (χ0v) is 17.4. The molecule has 0 aromatic heterocycles. The van der Waals surface area contributed by atoms with Gasteiger partial charge >= 0.3 is 0 Å². The van der Waals surface area contributed by atoms with Gasteiger partial charge in [0.05, 0.1) is 11.1 Å². The van der Waals surface area contributed by atoms with E-state index < -0.39 is 0 Å². The van der Waals surface area contributed by atoms with Crippen LogP contribution in [0.2, 0.25) is 0 Å². The van der Waals surface area contributed by atoms with Gasteiger partial charge in [0.25, 0.3) is 11.8 Å². The molecule has 0 N–H and O–H groups in total. The minimum absolute atomic E-state index is 0.193.